The predicted molar refractivity (Wildman–Crippen MR) is 112 cm³/mol. The molecule has 138 valence electrons. The normalized spacial score (nSPS) is 19.3. The average molecular weight is 349 g/mol. The van der Waals surface area contributed by atoms with Crippen molar-refractivity contribution in [2.24, 2.45) is 0 Å². The Bertz CT molecular complexity index is 811. The zero-order chi connectivity index (χ0) is 18.9. The summed E-state index contributed by atoms with van der Waals surface area (Å²) in [5.74, 6) is 0.320. The van der Waals surface area contributed by atoms with E-state index in [1.165, 1.54) is 40.7 Å². The molecule has 0 spiro atoms. The fraction of sp³-hybridized carbons (Fsp3) is 0.440. The van der Waals surface area contributed by atoms with Crippen LogP contribution in [0.25, 0.3) is 6.08 Å². The summed E-state index contributed by atoms with van der Waals surface area (Å²) in [5.41, 5.74) is 7.39. The maximum atomic E-state index is 9.13. The number of aliphatic hydroxyl groups is 1. The highest BCUT2D eigenvalue weighted by Crippen LogP contribution is 2.46. The van der Waals surface area contributed by atoms with Crippen molar-refractivity contribution in [2.75, 3.05) is 6.61 Å². The lowest BCUT2D eigenvalue weighted by molar-refractivity contribution is 0.331. The molecule has 0 amide bonds. The van der Waals surface area contributed by atoms with E-state index in [4.69, 9.17) is 5.11 Å². The standard InChI is InChI=1S/C25H32O/c1-18(21-11-7-6-9-19(21)10-8-16-26)20-12-13-22-23(17-20)25(4,5)15-14-24(22,2)3/h6-13,17-18,26H,14-16H2,1-5H3/b10-8+. The molecule has 0 saturated heterocycles. The minimum Gasteiger partial charge on any atom is -0.392 e. The lowest BCUT2D eigenvalue weighted by Gasteiger charge is -2.42. The number of rotatable bonds is 4. The number of aliphatic hydroxyl groups excluding tert-OH is 1. The zero-order valence-corrected chi connectivity index (χ0v) is 16.8. The molecule has 3 rings (SSSR count). The fourth-order valence-corrected chi connectivity index (χ4v) is 4.29. The topological polar surface area (TPSA) is 20.2 Å². The molecular weight excluding hydrogens is 316 g/mol. The lowest BCUT2D eigenvalue weighted by Crippen LogP contribution is -2.34. The van der Waals surface area contributed by atoms with Crippen molar-refractivity contribution in [3.8, 4) is 0 Å². The molecule has 0 aromatic heterocycles. The highest BCUT2D eigenvalue weighted by atomic mass is 16.2. The van der Waals surface area contributed by atoms with Gasteiger partial charge in [-0.2, -0.15) is 0 Å². The van der Waals surface area contributed by atoms with E-state index in [1.54, 1.807) is 0 Å². The summed E-state index contributed by atoms with van der Waals surface area (Å²) in [6.45, 7) is 11.9. The second-order valence-corrected chi connectivity index (χ2v) is 9.01. The van der Waals surface area contributed by atoms with Crippen LogP contribution >= 0.6 is 0 Å². The van der Waals surface area contributed by atoms with E-state index in [2.05, 4.69) is 77.1 Å². The van der Waals surface area contributed by atoms with Crippen molar-refractivity contribution < 1.29 is 5.11 Å². The number of fused-ring (bicyclic) bond motifs is 1. The van der Waals surface area contributed by atoms with Crippen molar-refractivity contribution in [3.63, 3.8) is 0 Å². The zero-order valence-electron chi connectivity index (χ0n) is 16.8. The minimum absolute atomic E-state index is 0.0742. The van der Waals surface area contributed by atoms with Crippen molar-refractivity contribution >= 4 is 6.08 Å². The molecule has 1 N–H and O–H groups in total. The van der Waals surface area contributed by atoms with Crippen LogP contribution in [0.4, 0.5) is 0 Å². The van der Waals surface area contributed by atoms with Gasteiger partial charge in [0.25, 0.3) is 0 Å². The molecule has 0 saturated carbocycles. The fourth-order valence-electron chi connectivity index (χ4n) is 4.29. The maximum absolute atomic E-state index is 9.13. The largest absolute Gasteiger partial charge is 0.392 e. The van der Waals surface area contributed by atoms with Crippen LogP contribution in [-0.4, -0.2) is 11.7 Å². The molecule has 2 aromatic rings. The molecule has 1 aliphatic rings. The number of hydrogen-bond donors (Lipinski definition) is 1. The third kappa shape index (κ3) is 3.50. The Morgan fingerprint density at radius 1 is 0.962 bits per heavy atom. The highest BCUT2D eigenvalue weighted by Gasteiger charge is 2.37. The van der Waals surface area contributed by atoms with Crippen LogP contribution in [-0.2, 0) is 10.8 Å². The third-order valence-corrected chi connectivity index (χ3v) is 6.24. The lowest BCUT2D eigenvalue weighted by atomic mass is 9.62. The summed E-state index contributed by atoms with van der Waals surface area (Å²) in [6, 6.07) is 15.6. The van der Waals surface area contributed by atoms with Crippen molar-refractivity contribution in [1.82, 2.24) is 0 Å². The van der Waals surface area contributed by atoms with Gasteiger partial charge in [-0.05, 0) is 51.5 Å². The number of benzene rings is 2. The van der Waals surface area contributed by atoms with Crippen molar-refractivity contribution in [3.05, 3.63) is 76.4 Å². The quantitative estimate of drug-likeness (QED) is 0.698. The van der Waals surface area contributed by atoms with Gasteiger partial charge in [0.05, 0.1) is 6.61 Å². The monoisotopic (exact) mass is 348 g/mol. The molecule has 1 aliphatic carbocycles. The van der Waals surface area contributed by atoms with E-state index in [0.29, 0.717) is 5.92 Å². The first-order valence-electron chi connectivity index (χ1n) is 9.77. The van der Waals surface area contributed by atoms with Crippen LogP contribution in [0.5, 0.6) is 0 Å². The van der Waals surface area contributed by atoms with Gasteiger partial charge in [0.1, 0.15) is 0 Å². The van der Waals surface area contributed by atoms with Gasteiger partial charge in [-0.15, -0.1) is 0 Å². The molecule has 0 radical (unpaired) electrons. The molecule has 0 aliphatic heterocycles. The van der Waals surface area contributed by atoms with Crippen LogP contribution in [0.15, 0.2) is 48.5 Å². The van der Waals surface area contributed by atoms with Gasteiger partial charge in [-0.25, -0.2) is 0 Å². The van der Waals surface area contributed by atoms with E-state index >= 15 is 0 Å². The van der Waals surface area contributed by atoms with Gasteiger partial charge in [-0.1, -0.05) is 89.2 Å². The van der Waals surface area contributed by atoms with Crippen LogP contribution in [0.2, 0.25) is 0 Å². The van der Waals surface area contributed by atoms with Gasteiger partial charge >= 0.3 is 0 Å². The van der Waals surface area contributed by atoms with Gasteiger partial charge in [0, 0.05) is 5.92 Å². The predicted octanol–water partition coefficient (Wildman–Crippen LogP) is 6.19. The van der Waals surface area contributed by atoms with Crippen LogP contribution in [0, 0.1) is 0 Å². The molecule has 1 atom stereocenters. The van der Waals surface area contributed by atoms with E-state index in [0.717, 1.165) is 0 Å². The van der Waals surface area contributed by atoms with E-state index in [-0.39, 0.29) is 17.4 Å². The Labute approximate surface area is 158 Å². The Balaban J connectivity index is 2.05. The van der Waals surface area contributed by atoms with Gasteiger partial charge in [-0.3, -0.25) is 0 Å². The molecule has 0 fully saturated rings. The van der Waals surface area contributed by atoms with Crippen molar-refractivity contribution in [2.45, 2.75) is 64.2 Å². The molecule has 0 heterocycles. The first kappa shape index (κ1) is 18.9. The van der Waals surface area contributed by atoms with Crippen molar-refractivity contribution in [1.29, 1.82) is 0 Å². The molecular formula is C25H32O. The Kier molecular flexibility index (Phi) is 5.12. The van der Waals surface area contributed by atoms with E-state index in [9.17, 15) is 0 Å². The Hall–Kier alpha value is -1.86. The van der Waals surface area contributed by atoms with E-state index < -0.39 is 0 Å². The van der Waals surface area contributed by atoms with Gasteiger partial charge in [0.15, 0.2) is 0 Å². The van der Waals surface area contributed by atoms with Gasteiger partial charge in [0.2, 0.25) is 0 Å². The Morgan fingerprint density at radius 2 is 1.62 bits per heavy atom. The van der Waals surface area contributed by atoms with Crippen LogP contribution in [0.1, 0.15) is 81.2 Å². The molecule has 2 aromatic carbocycles. The summed E-state index contributed by atoms with van der Waals surface area (Å²) in [5, 5.41) is 9.13. The first-order valence-corrected chi connectivity index (χ1v) is 9.77. The van der Waals surface area contributed by atoms with E-state index in [1.807, 2.05) is 12.2 Å². The average Bonchev–Trinajstić information content (AvgIpc) is 2.63. The molecule has 1 heteroatoms. The second-order valence-electron chi connectivity index (χ2n) is 9.01. The molecule has 1 unspecified atom stereocenters. The summed E-state index contributed by atoms with van der Waals surface area (Å²) >= 11 is 0. The summed E-state index contributed by atoms with van der Waals surface area (Å²) in [6.07, 6.45) is 6.32. The summed E-state index contributed by atoms with van der Waals surface area (Å²) in [4.78, 5) is 0. The number of hydrogen-bond acceptors (Lipinski definition) is 1. The molecule has 1 nitrogen and oxygen atoms in total. The smallest absolute Gasteiger partial charge is 0.0615 e. The second kappa shape index (κ2) is 7.04. The first-order chi connectivity index (χ1) is 12.3. The highest BCUT2D eigenvalue weighted by molar-refractivity contribution is 5.57. The Morgan fingerprint density at radius 3 is 2.31 bits per heavy atom. The summed E-state index contributed by atoms with van der Waals surface area (Å²) < 4.78 is 0. The third-order valence-electron chi connectivity index (χ3n) is 6.24. The molecule has 26 heavy (non-hydrogen) atoms. The summed E-state index contributed by atoms with van der Waals surface area (Å²) in [7, 11) is 0. The SMILES string of the molecule is CC(c1ccc2c(c1)C(C)(C)CCC2(C)C)c1ccccc1/C=C/CO. The maximum Gasteiger partial charge on any atom is 0.0615 e. The van der Waals surface area contributed by atoms with Gasteiger partial charge < -0.3 is 5.11 Å². The minimum atomic E-state index is 0.0742. The van der Waals surface area contributed by atoms with Crippen LogP contribution in [0.3, 0.4) is 0 Å². The molecule has 0 bridgehead atoms. The van der Waals surface area contributed by atoms with Crippen LogP contribution < -0.4 is 0 Å².